The first-order valence-electron chi connectivity index (χ1n) is 7.25. The van der Waals surface area contributed by atoms with Crippen LogP contribution in [-0.2, 0) is 4.79 Å². The van der Waals surface area contributed by atoms with E-state index in [9.17, 15) is 18.0 Å². The molecule has 2 aromatic carbocycles. The van der Waals surface area contributed by atoms with E-state index in [-0.39, 0.29) is 5.88 Å². The Hall–Kier alpha value is -3.16. The predicted molar refractivity (Wildman–Crippen MR) is 84.7 cm³/mol. The van der Waals surface area contributed by atoms with Gasteiger partial charge in [0.05, 0.1) is 16.7 Å². The number of ether oxygens (including phenoxy) is 1. The Bertz CT molecular complexity index is 963. The van der Waals surface area contributed by atoms with Crippen LogP contribution in [0.5, 0.6) is 5.88 Å². The van der Waals surface area contributed by atoms with Crippen molar-refractivity contribution in [2.24, 2.45) is 0 Å². The summed E-state index contributed by atoms with van der Waals surface area (Å²) >= 11 is 0. The van der Waals surface area contributed by atoms with Crippen molar-refractivity contribution in [1.82, 2.24) is 9.97 Å². The van der Waals surface area contributed by atoms with Gasteiger partial charge in [-0.3, -0.25) is 4.79 Å². The fourth-order valence-corrected chi connectivity index (χ4v) is 2.15. The summed E-state index contributed by atoms with van der Waals surface area (Å²) in [4.78, 5) is 20.4. The van der Waals surface area contributed by atoms with Crippen molar-refractivity contribution in [1.29, 1.82) is 0 Å². The minimum Gasteiger partial charge on any atom is -0.466 e. The van der Waals surface area contributed by atoms with Crippen LogP contribution in [0, 0.1) is 24.4 Å². The number of carbonyl (C=O) groups is 1. The number of para-hydroxylation sites is 2. The highest BCUT2D eigenvalue weighted by Gasteiger charge is 2.16. The molecule has 0 fully saturated rings. The van der Waals surface area contributed by atoms with Gasteiger partial charge in [-0.15, -0.1) is 0 Å². The molecule has 5 nitrogen and oxygen atoms in total. The smallest absolute Gasteiger partial charge is 0.262 e. The highest BCUT2D eigenvalue weighted by atomic mass is 19.2. The largest absolute Gasteiger partial charge is 0.466 e. The molecule has 0 saturated carbocycles. The summed E-state index contributed by atoms with van der Waals surface area (Å²) in [5.74, 6) is -5.07. The second-order valence-corrected chi connectivity index (χ2v) is 5.16. The lowest BCUT2D eigenvalue weighted by Crippen LogP contribution is -2.22. The fraction of sp³-hybridized carbons (Fsp3) is 0.118. The molecule has 1 amide bonds. The molecule has 0 unspecified atom stereocenters. The minimum atomic E-state index is -1.66. The van der Waals surface area contributed by atoms with Crippen LogP contribution in [0.4, 0.5) is 18.9 Å². The van der Waals surface area contributed by atoms with Gasteiger partial charge in [0.2, 0.25) is 5.88 Å². The van der Waals surface area contributed by atoms with Gasteiger partial charge >= 0.3 is 0 Å². The lowest BCUT2D eigenvalue weighted by Gasteiger charge is -2.10. The monoisotopic (exact) mass is 347 g/mol. The molecule has 128 valence electrons. The molecule has 1 aromatic heterocycles. The molecular formula is C17H12F3N3O2. The number of fused-ring (bicyclic) bond motifs is 1. The SMILES string of the molecule is Cc1nc2ccccc2nc1OCC(=O)Nc1ccc(F)c(F)c1F. The first-order chi connectivity index (χ1) is 12.0. The van der Waals surface area contributed by atoms with Crippen molar-refractivity contribution in [3.05, 3.63) is 59.5 Å². The molecule has 0 aliphatic rings. The van der Waals surface area contributed by atoms with Crippen LogP contribution in [0.3, 0.4) is 0 Å². The zero-order chi connectivity index (χ0) is 18.0. The number of anilines is 1. The van der Waals surface area contributed by atoms with E-state index < -0.39 is 35.7 Å². The lowest BCUT2D eigenvalue weighted by atomic mass is 10.3. The maximum Gasteiger partial charge on any atom is 0.262 e. The third kappa shape index (κ3) is 3.52. The minimum absolute atomic E-state index is 0.152. The van der Waals surface area contributed by atoms with Gasteiger partial charge in [-0.05, 0) is 31.2 Å². The van der Waals surface area contributed by atoms with Gasteiger partial charge in [0.1, 0.15) is 5.69 Å². The van der Waals surface area contributed by atoms with Crippen molar-refractivity contribution in [3.63, 3.8) is 0 Å². The Balaban J connectivity index is 1.70. The molecule has 0 aliphatic carbocycles. The van der Waals surface area contributed by atoms with Crippen LogP contribution < -0.4 is 10.1 Å². The predicted octanol–water partition coefficient (Wildman–Crippen LogP) is 3.37. The molecule has 8 heteroatoms. The highest BCUT2D eigenvalue weighted by Crippen LogP contribution is 2.20. The van der Waals surface area contributed by atoms with E-state index in [1.807, 2.05) is 6.07 Å². The molecule has 0 atom stereocenters. The summed E-state index contributed by atoms with van der Waals surface area (Å²) in [6.07, 6.45) is 0. The summed E-state index contributed by atoms with van der Waals surface area (Å²) in [6, 6.07) is 8.78. The summed E-state index contributed by atoms with van der Waals surface area (Å²) < 4.78 is 44.8. The van der Waals surface area contributed by atoms with E-state index in [1.54, 1.807) is 25.1 Å². The third-order valence-corrected chi connectivity index (χ3v) is 3.35. The number of amides is 1. The number of benzene rings is 2. The van der Waals surface area contributed by atoms with Gasteiger partial charge in [0.25, 0.3) is 5.91 Å². The quantitative estimate of drug-likeness (QED) is 0.735. The van der Waals surface area contributed by atoms with Gasteiger partial charge in [0, 0.05) is 0 Å². The molecule has 3 rings (SSSR count). The second kappa shape index (κ2) is 6.76. The standard InChI is InChI=1S/C17H12F3N3O2/c1-9-17(23-12-5-3-2-4-11(12)21-9)25-8-14(24)22-13-7-6-10(18)15(19)16(13)20/h2-7H,8H2,1H3,(H,22,24). The van der Waals surface area contributed by atoms with Crippen molar-refractivity contribution in [2.75, 3.05) is 11.9 Å². The molecule has 0 saturated heterocycles. The lowest BCUT2D eigenvalue weighted by molar-refractivity contribution is -0.118. The molecule has 1 N–H and O–H groups in total. The number of hydrogen-bond acceptors (Lipinski definition) is 4. The average molecular weight is 347 g/mol. The van der Waals surface area contributed by atoms with E-state index in [1.165, 1.54) is 0 Å². The molecule has 25 heavy (non-hydrogen) atoms. The number of halogens is 3. The van der Waals surface area contributed by atoms with Gasteiger partial charge in [-0.1, -0.05) is 12.1 Å². The summed E-state index contributed by atoms with van der Waals surface area (Å²) in [5, 5.41) is 2.11. The summed E-state index contributed by atoms with van der Waals surface area (Å²) in [6.45, 7) is 1.17. The molecule has 0 radical (unpaired) electrons. The molecular weight excluding hydrogens is 335 g/mol. The number of nitrogens with one attached hydrogen (secondary N) is 1. The Kier molecular flexibility index (Phi) is 4.51. The Morgan fingerprint density at radius 1 is 1.04 bits per heavy atom. The van der Waals surface area contributed by atoms with Crippen LogP contribution >= 0.6 is 0 Å². The van der Waals surface area contributed by atoms with Crippen LogP contribution in [0.25, 0.3) is 11.0 Å². The van der Waals surface area contributed by atoms with Crippen molar-refractivity contribution < 1.29 is 22.7 Å². The van der Waals surface area contributed by atoms with Crippen molar-refractivity contribution >= 4 is 22.6 Å². The van der Waals surface area contributed by atoms with Gasteiger partial charge in [0.15, 0.2) is 24.1 Å². The number of aromatic nitrogens is 2. The van der Waals surface area contributed by atoms with Gasteiger partial charge < -0.3 is 10.1 Å². The van der Waals surface area contributed by atoms with E-state index in [4.69, 9.17) is 4.74 Å². The molecule has 0 aliphatic heterocycles. The normalized spacial score (nSPS) is 10.7. The Labute approximate surface area is 140 Å². The second-order valence-electron chi connectivity index (χ2n) is 5.16. The Morgan fingerprint density at radius 3 is 2.44 bits per heavy atom. The number of hydrogen-bond donors (Lipinski definition) is 1. The molecule has 1 heterocycles. The van der Waals surface area contributed by atoms with Crippen molar-refractivity contribution in [3.8, 4) is 5.88 Å². The van der Waals surface area contributed by atoms with E-state index in [0.29, 0.717) is 22.8 Å². The Morgan fingerprint density at radius 2 is 1.72 bits per heavy atom. The zero-order valence-electron chi connectivity index (χ0n) is 13.0. The van der Waals surface area contributed by atoms with Gasteiger partial charge in [-0.2, -0.15) is 0 Å². The molecule has 3 aromatic rings. The maximum absolute atomic E-state index is 13.5. The topological polar surface area (TPSA) is 64.1 Å². The summed E-state index contributed by atoms with van der Waals surface area (Å²) in [7, 11) is 0. The van der Waals surface area contributed by atoms with Crippen LogP contribution in [0.2, 0.25) is 0 Å². The maximum atomic E-state index is 13.5. The van der Waals surface area contributed by atoms with Gasteiger partial charge in [-0.25, -0.2) is 23.1 Å². The molecule has 0 bridgehead atoms. The van der Waals surface area contributed by atoms with E-state index in [2.05, 4.69) is 15.3 Å². The number of rotatable bonds is 4. The third-order valence-electron chi connectivity index (χ3n) is 3.35. The molecule has 0 spiro atoms. The van der Waals surface area contributed by atoms with E-state index >= 15 is 0 Å². The number of nitrogens with zero attached hydrogens (tertiary/aromatic N) is 2. The van der Waals surface area contributed by atoms with E-state index in [0.717, 1.165) is 6.07 Å². The zero-order valence-corrected chi connectivity index (χ0v) is 13.0. The van der Waals surface area contributed by atoms with Crippen molar-refractivity contribution in [2.45, 2.75) is 6.92 Å². The highest BCUT2D eigenvalue weighted by molar-refractivity contribution is 5.92. The van der Waals surface area contributed by atoms with Crippen LogP contribution in [0.1, 0.15) is 5.69 Å². The average Bonchev–Trinajstić information content (AvgIpc) is 2.60. The summed E-state index contributed by atoms with van der Waals surface area (Å²) in [5.41, 5.74) is 1.27. The fourth-order valence-electron chi connectivity index (χ4n) is 2.15. The number of aryl methyl sites for hydroxylation is 1. The van der Waals surface area contributed by atoms with Crippen LogP contribution in [-0.4, -0.2) is 22.5 Å². The number of carbonyl (C=O) groups excluding carboxylic acids is 1. The first-order valence-corrected chi connectivity index (χ1v) is 7.25. The van der Waals surface area contributed by atoms with Crippen LogP contribution in [0.15, 0.2) is 36.4 Å². The first kappa shape index (κ1) is 16.7.